The highest BCUT2D eigenvalue weighted by Gasteiger charge is 2.61. The number of piperidine rings is 1. The molecule has 2 bridgehead atoms. The molecule has 0 radical (unpaired) electrons. The number of amides is 1. The Balaban J connectivity index is 1.31. The average Bonchev–Trinajstić information content (AvgIpc) is 2.91. The van der Waals surface area contributed by atoms with Crippen LogP contribution in [0.1, 0.15) is 33.1 Å². The molecule has 0 aromatic heterocycles. The summed E-state index contributed by atoms with van der Waals surface area (Å²) in [6.45, 7) is 7.56. The first-order valence-electron chi connectivity index (χ1n) is 9.46. The van der Waals surface area contributed by atoms with Crippen LogP contribution in [0.3, 0.4) is 0 Å². The van der Waals surface area contributed by atoms with Gasteiger partial charge in [-0.05, 0) is 50.9 Å². The fourth-order valence-electron chi connectivity index (χ4n) is 5.38. The molecule has 0 spiro atoms. The Morgan fingerprint density at radius 1 is 0.917 bits per heavy atom. The quantitative estimate of drug-likeness (QED) is 0.732. The zero-order valence-electron chi connectivity index (χ0n) is 14.6. The van der Waals surface area contributed by atoms with Crippen molar-refractivity contribution in [2.75, 3.05) is 32.8 Å². The van der Waals surface area contributed by atoms with Gasteiger partial charge in [0.15, 0.2) is 0 Å². The lowest BCUT2D eigenvalue weighted by atomic mass is 9.85. The molecule has 0 aromatic carbocycles. The first-order valence-corrected chi connectivity index (χ1v) is 9.46. The molecule has 0 N–H and O–H groups in total. The summed E-state index contributed by atoms with van der Waals surface area (Å²) in [6, 6.07) is 0.898. The average molecular weight is 336 g/mol. The molecular weight excluding hydrogens is 308 g/mol. The number of rotatable bonds is 4. The summed E-state index contributed by atoms with van der Waals surface area (Å²) in [5, 5.41) is 0. The number of hydrogen-bond acceptors (Lipinski definition) is 5. The molecule has 134 valence electrons. The summed E-state index contributed by atoms with van der Waals surface area (Å²) in [6.07, 6.45) is 3.22. The van der Waals surface area contributed by atoms with Crippen LogP contribution in [0, 0.1) is 23.7 Å². The minimum atomic E-state index is -0.141. The van der Waals surface area contributed by atoms with Crippen molar-refractivity contribution in [2.24, 2.45) is 23.7 Å². The van der Waals surface area contributed by atoms with Gasteiger partial charge in [-0.25, -0.2) is 4.79 Å². The van der Waals surface area contributed by atoms with Crippen LogP contribution in [0.4, 0.5) is 4.79 Å². The van der Waals surface area contributed by atoms with Crippen molar-refractivity contribution in [2.45, 2.75) is 45.2 Å². The van der Waals surface area contributed by atoms with E-state index in [1.54, 1.807) is 0 Å². The van der Waals surface area contributed by atoms with Crippen LogP contribution >= 0.6 is 0 Å². The summed E-state index contributed by atoms with van der Waals surface area (Å²) in [5.41, 5.74) is 0. The Kier molecular flexibility index (Phi) is 4.19. The molecular formula is C18H28N2O4. The number of carbonyl (C=O) groups is 2. The van der Waals surface area contributed by atoms with E-state index in [2.05, 4.69) is 4.90 Å². The van der Waals surface area contributed by atoms with Crippen LogP contribution in [0.2, 0.25) is 0 Å². The van der Waals surface area contributed by atoms with Crippen molar-refractivity contribution >= 4 is 12.1 Å². The molecule has 2 aliphatic heterocycles. The standard InChI is InChI=1S/C18H28N2O4/c1-3-23-17(21)16-14-9-19(10-15(14)16)12-5-11-6-13(7-12)20(8-11)18(22)24-4-2/h11-16H,3-10H2,1-2H3/t11?,12?,13?,14-,15+,16?. The van der Waals surface area contributed by atoms with E-state index >= 15 is 0 Å². The lowest BCUT2D eigenvalue weighted by molar-refractivity contribution is -0.145. The highest BCUT2D eigenvalue weighted by Crippen LogP contribution is 2.54. The number of hydrogen-bond donors (Lipinski definition) is 0. The van der Waals surface area contributed by atoms with Crippen molar-refractivity contribution in [3.63, 3.8) is 0 Å². The largest absolute Gasteiger partial charge is 0.466 e. The maximum absolute atomic E-state index is 12.1. The third-order valence-electron chi connectivity index (χ3n) is 6.45. The molecule has 0 aromatic rings. The van der Waals surface area contributed by atoms with Gasteiger partial charge in [0.2, 0.25) is 0 Å². The number of carbonyl (C=O) groups excluding carboxylic acids is 2. The first-order chi connectivity index (χ1) is 11.6. The van der Waals surface area contributed by atoms with Gasteiger partial charge in [-0.15, -0.1) is 0 Å². The summed E-state index contributed by atoms with van der Waals surface area (Å²) in [4.78, 5) is 28.5. The molecule has 6 nitrogen and oxygen atoms in total. The second-order valence-corrected chi connectivity index (χ2v) is 7.79. The van der Waals surface area contributed by atoms with Gasteiger partial charge in [0, 0.05) is 31.7 Å². The van der Waals surface area contributed by atoms with E-state index in [-0.39, 0.29) is 18.0 Å². The van der Waals surface area contributed by atoms with Crippen LogP contribution in [0.5, 0.6) is 0 Å². The van der Waals surface area contributed by atoms with E-state index in [9.17, 15) is 9.59 Å². The Morgan fingerprint density at radius 2 is 1.58 bits per heavy atom. The molecule has 2 aliphatic carbocycles. The van der Waals surface area contributed by atoms with Gasteiger partial charge in [-0.1, -0.05) is 0 Å². The van der Waals surface area contributed by atoms with E-state index in [1.807, 2.05) is 18.7 Å². The molecule has 6 atom stereocenters. The number of likely N-dealkylation sites (tertiary alicyclic amines) is 2. The second-order valence-electron chi connectivity index (χ2n) is 7.79. The topological polar surface area (TPSA) is 59.1 Å². The Morgan fingerprint density at radius 3 is 2.25 bits per heavy atom. The van der Waals surface area contributed by atoms with Crippen molar-refractivity contribution in [1.29, 1.82) is 0 Å². The maximum Gasteiger partial charge on any atom is 0.410 e. The normalized spacial score (nSPS) is 40.3. The molecule has 1 amide bonds. The van der Waals surface area contributed by atoms with Gasteiger partial charge in [0.1, 0.15) is 0 Å². The van der Waals surface area contributed by atoms with Crippen molar-refractivity contribution in [1.82, 2.24) is 9.80 Å². The molecule has 2 saturated heterocycles. The lowest BCUT2D eigenvalue weighted by Crippen LogP contribution is -2.43. The second kappa shape index (κ2) is 6.21. The van der Waals surface area contributed by atoms with E-state index in [0.717, 1.165) is 32.5 Å². The molecule has 24 heavy (non-hydrogen) atoms. The summed E-state index contributed by atoms with van der Waals surface area (Å²) in [5.74, 6) is 1.77. The van der Waals surface area contributed by atoms with Crippen LogP contribution in [0.15, 0.2) is 0 Å². The predicted molar refractivity (Wildman–Crippen MR) is 87.3 cm³/mol. The number of nitrogens with zero attached hydrogens (tertiary/aromatic N) is 2. The van der Waals surface area contributed by atoms with Crippen LogP contribution in [-0.4, -0.2) is 66.8 Å². The zero-order valence-corrected chi connectivity index (χ0v) is 14.6. The van der Waals surface area contributed by atoms with E-state index in [4.69, 9.17) is 9.47 Å². The molecule has 4 fully saturated rings. The fraction of sp³-hybridized carbons (Fsp3) is 0.889. The fourth-order valence-corrected chi connectivity index (χ4v) is 5.38. The van der Waals surface area contributed by atoms with Crippen LogP contribution in [-0.2, 0) is 14.3 Å². The Hall–Kier alpha value is -1.30. The van der Waals surface area contributed by atoms with E-state index in [1.165, 1.54) is 6.42 Å². The summed E-state index contributed by atoms with van der Waals surface area (Å²) >= 11 is 0. The summed E-state index contributed by atoms with van der Waals surface area (Å²) < 4.78 is 10.4. The molecule has 2 saturated carbocycles. The number of ether oxygens (including phenoxy) is 2. The smallest absolute Gasteiger partial charge is 0.410 e. The molecule has 2 heterocycles. The van der Waals surface area contributed by atoms with Gasteiger partial charge < -0.3 is 14.4 Å². The van der Waals surface area contributed by atoms with Gasteiger partial charge >= 0.3 is 12.1 Å². The summed E-state index contributed by atoms with van der Waals surface area (Å²) in [7, 11) is 0. The third-order valence-corrected chi connectivity index (χ3v) is 6.45. The van der Waals surface area contributed by atoms with Crippen molar-refractivity contribution in [3.05, 3.63) is 0 Å². The third kappa shape index (κ3) is 2.68. The monoisotopic (exact) mass is 336 g/mol. The highest BCUT2D eigenvalue weighted by atomic mass is 16.6. The van der Waals surface area contributed by atoms with E-state index in [0.29, 0.717) is 43.1 Å². The lowest BCUT2D eigenvalue weighted by Gasteiger charge is -2.36. The van der Waals surface area contributed by atoms with Gasteiger partial charge in [-0.3, -0.25) is 9.69 Å². The Bertz CT molecular complexity index is 513. The molecule has 4 rings (SSSR count). The van der Waals surface area contributed by atoms with Gasteiger partial charge in [-0.2, -0.15) is 0 Å². The van der Waals surface area contributed by atoms with Crippen molar-refractivity contribution in [3.8, 4) is 0 Å². The Labute approximate surface area is 143 Å². The molecule has 4 unspecified atom stereocenters. The molecule has 4 aliphatic rings. The highest BCUT2D eigenvalue weighted by molar-refractivity contribution is 5.77. The minimum Gasteiger partial charge on any atom is -0.466 e. The SMILES string of the molecule is CCOC(=O)C1[C@H]2CN(C3CC4CC(C3)N(C(=O)OCC)C4)C[C@@H]12. The zero-order chi connectivity index (χ0) is 16.8. The van der Waals surface area contributed by atoms with E-state index < -0.39 is 0 Å². The molecule has 6 heteroatoms. The maximum atomic E-state index is 12.1. The van der Waals surface area contributed by atoms with Crippen molar-refractivity contribution < 1.29 is 19.1 Å². The van der Waals surface area contributed by atoms with Crippen LogP contribution < -0.4 is 0 Å². The number of fused-ring (bicyclic) bond motifs is 3. The first kappa shape index (κ1) is 16.2. The van der Waals surface area contributed by atoms with Crippen LogP contribution in [0.25, 0.3) is 0 Å². The van der Waals surface area contributed by atoms with Gasteiger partial charge in [0.05, 0.1) is 19.1 Å². The minimum absolute atomic E-state index is 0.00403. The van der Waals surface area contributed by atoms with Gasteiger partial charge in [0.25, 0.3) is 0 Å². The number of esters is 1. The predicted octanol–water partition coefficient (Wildman–Crippen LogP) is 1.74.